The van der Waals surface area contributed by atoms with Gasteiger partial charge in [0.1, 0.15) is 6.10 Å². The molecule has 3 N–H and O–H groups in total. The average molecular weight is 834 g/mol. The van der Waals surface area contributed by atoms with E-state index in [1.165, 1.54) is 193 Å². The number of aliphatic hydroxyl groups excluding tert-OH is 2. The molecule has 0 rings (SSSR count). The average Bonchev–Trinajstić information content (AvgIpc) is 3.23. The van der Waals surface area contributed by atoms with Crippen LogP contribution in [0.2, 0.25) is 0 Å². The molecule has 1 amide bonds. The van der Waals surface area contributed by atoms with Gasteiger partial charge in [0.25, 0.3) is 0 Å². The minimum absolute atomic E-state index is 0.0816. The number of unbranched alkanes of at least 4 members (excludes halogenated alkanes) is 34. The van der Waals surface area contributed by atoms with Crippen LogP contribution in [0.1, 0.15) is 290 Å². The first-order valence-corrected chi connectivity index (χ1v) is 26.4. The Labute approximate surface area is 368 Å². The molecule has 59 heavy (non-hydrogen) atoms. The first-order valence-electron chi connectivity index (χ1n) is 26.4. The molecule has 0 aliphatic rings. The van der Waals surface area contributed by atoms with Crippen molar-refractivity contribution < 1.29 is 24.5 Å². The smallest absolute Gasteiger partial charge is 0.306 e. The molecule has 3 atom stereocenters. The van der Waals surface area contributed by atoms with Crippen LogP contribution in [0, 0.1) is 0 Å². The monoisotopic (exact) mass is 834 g/mol. The van der Waals surface area contributed by atoms with Gasteiger partial charge in [0.05, 0.1) is 25.2 Å². The Hall–Kier alpha value is -1.40. The molecule has 0 fully saturated rings. The van der Waals surface area contributed by atoms with E-state index in [0.717, 1.165) is 51.4 Å². The van der Waals surface area contributed by atoms with E-state index in [2.05, 4.69) is 38.2 Å². The van der Waals surface area contributed by atoms with Gasteiger partial charge in [0.15, 0.2) is 0 Å². The van der Waals surface area contributed by atoms with E-state index in [1.54, 1.807) is 0 Å². The van der Waals surface area contributed by atoms with Crippen LogP contribution in [0.3, 0.4) is 0 Å². The molecule has 6 heteroatoms. The molecule has 0 saturated heterocycles. The van der Waals surface area contributed by atoms with E-state index in [0.29, 0.717) is 19.3 Å². The van der Waals surface area contributed by atoms with E-state index in [-0.39, 0.29) is 24.9 Å². The summed E-state index contributed by atoms with van der Waals surface area (Å²) < 4.78 is 5.93. The molecule has 0 aliphatic carbocycles. The number of amides is 1. The molecule has 0 aliphatic heterocycles. The second kappa shape index (κ2) is 47.6. The van der Waals surface area contributed by atoms with Crippen molar-refractivity contribution in [3.05, 3.63) is 12.2 Å². The molecule has 0 aromatic carbocycles. The van der Waals surface area contributed by atoms with Crippen LogP contribution < -0.4 is 5.32 Å². The summed E-state index contributed by atoms with van der Waals surface area (Å²) in [5.74, 6) is -0.466. The molecule has 0 aromatic rings. The molecule has 0 bridgehead atoms. The van der Waals surface area contributed by atoms with Crippen molar-refractivity contribution in [1.29, 1.82) is 0 Å². The van der Waals surface area contributed by atoms with E-state index in [9.17, 15) is 19.8 Å². The zero-order valence-electron chi connectivity index (χ0n) is 39.9. The van der Waals surface area contributed by atoms with E-state index < -0.39 is 18.2 Å². The van der Waals surface area contributed by atoms with Crippen LogP contribution in [-0.2, 0) is 14.3 Å². The summed E-state index contributed by atoms with van der Waals surface area (Å²) in [5, 5.41) is 23.8. The van der Waals surface area contributed by atoms with Gasteiger partial charge in [-0.15, -0.1) is 0 Å². The SMILES string of the molecule is CCCCC/C=C\CCCCCCCC(=O)OC(CCCCCCCCCCCCCCCC)CC(=O)NC(CO)C(O)CCCCCCCCCCCCCCCC. The normalized spacial score (nSPS) is 13.2. The third-order valence-electron chi connectivity index (χ3n) is 12.3. The lowest BCUT2D eigenvalue weighted by atomic mass is 10.0. The fourth-order valence-corrected chi connectivity index (χ4v) is 8.31. The Bertz CT molecular complexity index is 893. The number of hydrogen-bond donors (Lipinski definition) is 3. The second-order valence-electron chi connectivity index (χ2n) is 18.3. The van der Waals surface area contributed by atoms with E-state index in [1.807, 2.05) is 0 Å². The van der Waals surface area contributed by atoms with Crippen LogP contribution >= 0.6 is 0 Å². The molecule has 0 radical (unpaired) electrons. The summed E-state index contributed by atoms with van der Waals surface area (Å²) in [5.41, 5.74) is 0. The van der Waals surface area contributed by atoms with Crippen LogP contribution in [-0.4, -0.2) is 46.9 Å². The molecule has 0 aromatic heterocycles. The van der Waals surface area contributed by atoms with Crippen LogP contribution in [0.25, 0.3) is 0 Å². The molecule has 0 spiro atoms. The maximum absolute atomic E-state index is 13.2. The number of carbonyl (C=O) groups excluding carboxylic acids is 2. The van der Waals surface area contributed by atoms with Crippen LogP contribution in [0.4, 0.5) is 0 Å². The van der Waals surface area contributed by atoms with Crippen molar-refractivity contribution in [2.45, 2.75) is 309 Å². The fourth-order valence-electron chi connectivity index (χ4n) is 8.31. The van der Waals surface area contributed by atoms with Crippen molar-refractivity contribution >= 4 is 11.9 Å². The number of esters is 1. The molecule has 6 nitrogen and oxygen atoms in total. The zero-order valence-corrected chi connectivity index (χ0v) is 39.9. The van der Waals surface area contributed by atoms with Gasteiger partial charge in [-0.05, 0) is 51.4 Å². The predicted molar refractivity (Wildman–Crippen MR) is 255 cm³/mol. The third-order valence-corrected chi connectivity index (χ3v) is 12.3. The number of ether oxygens (including phenoxy) is 1. The molecule has 0 saturated carbocycles. The summed E-state index contributed by atoms with van der Waals surface area (Å²) in [6, 6.07) is -0.696. The highest BCUT2D eigenvalue weighted by atomic mass is 16.5. The Balaban J connectivity index is 4.52. The lowest BCUT2D eigenvalue weighted by Gasteiger charge is -2.24. The van der Waals surface area contributed by atoms with Crippen molar-refractivity contribution in [3.63, 3.8) is 0 Å². The van der Waals surface area contributed by atoms with Gasteiger partial charge in [-0.3, -0.25) is 9.59 Å². The zero-order chi connectivity index (χ0) is 43.1. The van der Waals surface area contributed by atoms with E-state index >= 15 is 0 Å². The standard InChI is InChI=1S/C53H103NO5/c1-4-7-10-13-16-19-22-25-27-29-32-35-38-41-44-49(59-53(58)46-43-40-37-34-31-24-21-18-15-12-9-6-3)47-52(57)54-50(48-55)51(56)45-42-39-36-33-30-28-26-23-20-17-14-11-8-5-2/h18,21,49-51,55-56H,4-17,19-20,22-48H2,1-3H3,(H,54,57)/b21-18-. The highest BCUT2D eigenvalue weighted by Gasteiger charge is 2.24. The maximum atomic E-state index is 13.2. The van der Waals surface area contributed by atoms with Crippen LogP contribution in [0.5, 0.6) is 0 Å². The van der Waals surface area contributed by atoms with Gasteiger partial charge < -0.3 is 20.3 Å². The van der Waals surface area contributed by atoms with Crippen LogP contribution in [0.15, 0.2) is 12.2 Å². The van der Waals surface area contributed by atoms with Crippen molar-refractivity contribution in [2.24, 2.45) is 0 Å². The second-order valence-corrected chi connectivity index (χ2v) is 18.3. The highest BCUT2D eigenvalue weighted by Crippen LogP contribution is 2.19. The quantitative estimate of drug-likeness (QED) is 0.0322. The number of carbonyl (C=O) groups is 2. The topological polar surface area (TPSA) is 95.9 Å². The van der Waals surface area contributed by atoms with Crippen molar-refractivity contribution in [2.75, 3.05) is 6.61 Å². The Morgan fingerprint density at radius 3 is 1.24 bits per heavy atom. The molecule has 3 unspecified atom stereocenters. The van der Waals surface area contributed by atoms with Gasteiger partial charge in [-0.1, -0.05) is 238 Å². The highest BCUT2D eigenvalue weighted by molar-refractivity contribution is 5.77. The summed E-state index contributed by atoms with van der Waals surface area (Å²) in [4.78, 5) is 26.1. The number of nitrogens with one attached hydrogen (secondary N) is 1. The number of rotatable bonds is 48. The minimum Gasteiger partial charge on any atom is -0.462 e. The third kappa shape index (κ3) is 43.1. The molecular formula is C53H103NO5. The lowest BCUT2D eigenvalue weighted by Crippen LogP contribution is -2.46. The summed E-state index contributed by atoms with van der Waals surface area (Å²) in [7, 11) is 0. The van der Waals surface area contributed by atoms with Crippen molar-refractivity contribution in [3.8, 4) is 0 Å². The lowest BCUT2D eigenvalue weighted by molar-refractivity contribution is -0.151. The van der Waals surface area contributed by atoms with Gasteiger partial charge in [-0.25, -0.2) is 0 Å². The number of allylic oxidation sites excluding steroid dienone is 2. The van der Waals surface area contributed by atoms with E-state index in [4.69, 9.17) is 4.74 Å². The molecule has 0 heterocycles. The fraction of sp³-hybridized carbons (Fsp3) is 0.925. The summed E-state index contributed by atoms with van der Waals surface area (Å²) >= 11 is 0. The largest absolute Gasteiger partial charge is 0.462 e. The molecule has 350 valence electrons. The molecular weight excluding hydrogens is 731 g/mol. The van der Waals surface area contributed by atoms with Gasteiger partial charge in [0, 0.05) is 6.42 Å². The predicted octanol–water partition coefficient (Wildman–Crippen LogP) is 15.7. The Kier molecular flexibility index (Phi) is 46.5. The Morgan fingerprint density at radius 1 is 0.475 bits per heavy atom. The first kappa shape index (κ1) is 57.6. The van der Waals surface area contributed by atoms with Gasteiger partial charge in [0.2, 0.25) is 5.91 Å². The Morgan fingerprint density at radius 2 is 0.814 bits per heavy atom. The first-order chi connectivity index (χ1) is 29.0. The van der Waals surface area contributed by atoms with Gasteiger partial charge in [-0.2, -0.15) is 0 Å². The minimum atomic E-state index is -0.783. The number of aliphatic hydroxyl groups is 2. The summed E-state index contributed by atoms with van der Waals surface area (Å²) in [6.45, 7) is 6.49. The van der Waals surface area contributed by atoms with Crippen molar-refractivity contribution in [1.82, 2.24) is 5.32 Å². The number of hydrogen-bond acceptors (Lipinski definition) is 5. The summed E-state index contributed by atoms with van der Waals surface area (Å²) in [6.07, 6.45) is 52.7. The maximum Gasteiger partial charge on any atom is 0.306 e. The van der Waals surface area contributed by atoms with Gasteiger partial charge >= 0.3 is 5.97 Å².